The van der Waals surface area contributed by atoms with Gasteiger partial charge in [0.25, 0.3) is 0 Å². The lowest BCUT2D eigenvalue weighted by atomic mass is 10.1. The van der Waals surface area contributed by atoms with Crippen LogP contribution >= 0.6 is 0 Å². The maximum Gasteiger partial charge on any atom is 0.0812 e. The zero-order chi connectivity index (χ0) is 8.13. The molecule has 2 saturated heterocycles. The average molecular weight is 168 g/mol. The van der Waals surface area contributed by atoms with E-state index in [0.717, 1.165) is 31.0 Å². The molecule has 3 fully saturated rings. The number of ether oxygens (including phenoxy) is 2. The number of rotatable bonds is 4. The molecule has 1 aliphatic carbocycles. The highest BCUT2D eigenvalue weighted by Gasteiger charge is 2.50. The molecule has 0 aromatic carbocycles. The highest BCUT2D eigenvalue weighted by Crippen LogP contribution is 2.53. The minimum atomic E-state index is 0.627. The molecule has 4 unspecified atom stereocenters. The summed E-state index contributed by atoms with van der Waals surface area (Å²) in [6, 6.07) is 0. The normalized spacial score (nSPS) is 55.2. The summed E-state index contributed by atoms with van der Waals surface area (Å²) in [5, 5.41) is 0. The summed E-state index contributed by atoms with van der Waals surface area (Å²) >= 11 is 0. The Morgan fingerprint density at radius 3 is 1.75 bits per heavy atom. The fourth-order valence-electron chi connectivity index (χ4n) is 2.43. The van der Waals surface area contributed by atoms with Crippen LogP contribution < -0.4 is 0 Å². The largest absolute Gasteiger partial charge is 0.373 e. The van der Waals surface area contributed by atoms with Gasteiger partial charge in [0.2, 0.25) is 0 Å². The van der Waals surface area contributed by atoms with E-state index in [4.69, 9.17) is 9.47 Å². The molecule has 0 aromatic rings. The van der Waals surface area contributed by atoms with Crippen LogP contribution in [0.4, 0.5) is 0 Å². The SMILES string of the molecule is CC1C(CC2CO2)C1CC1CO1. The quantitative estimate of drug-likeness (QED) is 0.593. The molecule has 0 bridgehead atoms. The Hall–Kier alpha value is -0.0800. The standard InChI is InChI=1S/C10H16O2/c1-6-9(2-7-4-11-7)10(6)3-8-5-12-8/h6-10H,2-5H2,1H3. The fraction of sp³-hybridized carbons (Fsp3) is 1.00. The van der Waals surface area contributed by atoms with Crippen molar-refractivity contribution in [2.75, 3.05) is 13.2 Å². The summed E-state index contributed by atoms with van der Waals surface area (Å²) in [7, 11) is 0. The summed E-state index contributed by atoms with van der Waals surface area (Å²) in [5.74, 6) is 2.86. The van der Waals surface area contributed by atoms with Crippen LogP contribution in [-0.4, -0.2) is 25.4 Å². The smallest absolute Gasteiger partial charge is 0.0812 e. The second-order valence-corrected chi connectivity index (χ2v) is 4.57. The molecule has 2 nitrogen and oxygen atoms in total. The van der Waals surface area contributed by atoms with E-state index < -0.39 is 0 Å². The van der Waals surface area contributed by atoms with E-state index in [2.05, 4.69) is 6.92 Å². The molecule has 0 amide bonds. The Morgan fingerprint density at radius 2 is 1.42 bits per heavy atom. The van der Waals surface area contributed by atoms with E-state index in [0.29, 0.717) is 12.2 Å². The van der Waals surface area contributed by atoms with E-state index in [-0.39, 0.29) is 0 Å². The van der Waals surface area contributed by atoms with Crippen molar-refractivity contribution in [3.05, 3.63) is 0 Å². The van der Waals surface area contributed by atoms with Gasteiger partial charge in [-0.3, -0.25) is 0 Å². The molecule has 2 aliphatic heterocycles. The first-order valence-electron chi connectivity index (χ1n) is 5.08. The van der Waals surface area contributed by atoms with Crippen LogP contribution in [0.3, 0.4) is 0 Å². The van der Waals surface area contributed by atoms with E-state index in [1.807, 2.05) is 0 Å². The average Bonchev–Trinajstić information content (AvgIpc) is 2.83. The lowest BCUT2D eigenvalue weighted by molar-refractivity contribution is 0.364. The van der Waals surface area contributed by atoms with Crippen molar-refractivity contribution in [3.8, 4) is 0 Å². The molecule has 68 valence electrons. The second kappa shape index (κ2) is 2.46. The molecular weight excluding hydrogens is 152 g/mol. The highest BCUT2D eigenvalue weighted by molar-refractivity contribution is 4.98. The summed E-state index contributed by atoms with van der Waals surface area (Å²) in [6.45, 7) is 4.42. The summed E-state index contributed by atoms with van der Waals surface area (Å²) in [4.78, 5) is 0. The maximum absolute atomic E-state index is 5.25. The number of hydrogen-bond donors (Lipinski definition) is 0. The van der Waals surface area contributed by atoms with Gasteiger partial charge in [-0.1, -0.05) is 6.92 Å². The predicted octanol–water partition coefficient (Wildman–Crippen LogP) is 1.45. The lowest BCUT2D eigenvalue weighted by Crippen LogP contribution is -1.93. The van der Waals surface area contributed by atoms with Gasteiger partial charge in [-0.15, -0.1) is 0 Å². The van der Waals surface area contributed by atoms with Crippen LogP contribution in [0.5, 0.6) is 0 Å². The van der Waals surface area contributed by atoms with Gasteiger partial charge in [-0.2, -0.15) is 0 Å². The first-order valence-corrected chi connectivity index (χ1v) is 5.08. The minimum absolute atomic E-state index is 0.627. The van der Waals surface area contributed by atoms with Crippen molar-refractivity contribution in [1.29, 1.82) is 0 Å². The van der Waals surface area contributed by atoms with Crippen LogP contribution in [0.15, 0.2) is 0 Å². The predicted molar refractivity (Wildman–Crippen MR) is 44.9 cm³/mol. The molecule has 0 radical (unpaired) electrons. The lowest BCUT2D eigenvalue weighted by Gasteiger charge is -1.93. The van der Waals surface area contributed by atoms with E-state index in [9.17, 15) is 0 Å². The van der Waals surface area contributed by atoms with E-state index in [1.54, 1.807) is 0 Å². The van der Waals surface area contributed by atoms with Crippen molar-refractivity contribution < 1.29 is 9.47 Å². The zero-order valence-electron chi connectivity index (χ0n) is 7.53. The van der Waals surface area contributed by atoms with Gasteiger partial charge in [0, 0.05) is 0 Å². The molecule has 4 atom stereocenters. The summed E-state index contributed by atoms with van der Waals surface area (Å²) in [5.41, 5.74) is 0. The van der Waals surface area contributed by atoms with E-state index >= 15 is 0 Å². The molecular formula is C10H16O2. The highest BCUT2D eigenvalue weighted by atomic mass is 16.6. The fourth-order valence-corrected chi connectivity index (χ4v) is 2.43. The van der Waals surface area contributed by atoms with Gasteiger partial charge in [-0.25, -0.2) is 0 Å². The van der Waals surface area contributed by atoms with Crippen molar-refractivity contribution >= 4 is 0 Å². The Labute approximate surface area is 73.2 Å². The number of hydrogen-bond acceptors (Lipinski definition) is 2. The monoisotopic (exact) mass is 168 g/mol. The van der Waals surface area contributed by atoms with Crippen molar-refractivity contribution in [3.63, 3.8) is 0 Å². The molecule has 0 spiro atoms. The summed E-state index contributed by atoms with van der Waals surface area (Å²) in [6.07, 6.45) is 3.89. The molecule has 3 aliphatic rings. The third-order valence-corrected chi connectivity index (χ3v) is 3.63. The van der Waals surface area contributed by atoms with Gasteiger partial charge in [0.15, 0.2) is 0 Å². The van der Waals surface area contributed by atoms with Crippen LogP contribution in [0.2, 0.25) is 0 Å². The van der Waals surface area contributed by atoms with Gasteiger partial charge in [0.05, 0.1) is 25.4 Å². The maximum atomic E-state index is 5.25. The van der Waals surface area contributed by atoms with Gasteiger partial charge < -0.3 is 9.47 Å². The molecule has 0 N–H and O–H groups in total. The van der Waals surface area contributed by atoms with Gasteiger partial charge in [0.1, 0.15) is 0 Å². The van der Waals surface area contributed by atoms with Gasteiger partial charge in [-0.05, 0) is 30.6 Å². The number of epoxide rings is 2. The first kappa shape index (κ1) is 7.34. The molecule has 1 saturated carbocycles. The topological polar surface area (TPSA) is 25.1 Å². The first-order chi connectivity index (χ1) is 5.84. The molecule has 2 heteroatoms. The molecule has 12 heavy (non-hydrogen) atoms. The Balaban J connectivity index is 1.46. The van der Waals surface area contributed by atoms with Crippen LogP contribution in [0.1, 0.15) is 19.8 Å². The second-order valence-electron chi connectivity index (χ2n) is 4.57. The Morgan fingerprint density at radius 1 is 1.00 bits per heavy atom. The minimum Gasteiger partial charge on any atom is -0.373 e. The van der Waals surface area contributed by atoms with Crippen LogP contribution in [-0.2, 0) is 9.47 Å². The molecule has 0 aromatic heterocycles. The zero-order valence-corrected chi connectivity index (χ0v) is 7.53. The third kappa shape index (κ3) is 1.38. The third-order valence-electron chi connectivity index (χ3n) is 3.63. The van der Waals surface area contributed by atoms with Gasteiger partial charge >= 0.3 is 0 Å². The molecule has 2 heterocycles. The Kier molecular flexibility index (Phi) is 1.50. The van der Waals surface area contributed by atoms with Crippen molar-refractivity contribution in [2.24, 2.45) is 17.8 Å². The molecule has 3 rings (SSSR count). The van der Waals surface area contributed by atoms with Crippen molar-refractivity contribution in [1.82, 2.24) is 0 Å². The Bertz CT molecular complexity index is 164. The van der Waals surface area contributed by atoms with Crippen molar-refractivity contribution in [2.45, 2.75) is 32.0 Å². The van der Waals surface area contributed by atoms with E-state index in [1.165, 1.54) is 12.8 Å². The van der Waals surface area contributed by atoms with Crippen LogP contribution in [0, 0.1) is 17.8 Å². The summed E-state index contributed by atoms with van der Waals surface area (Å²) < 4.78 is 10.5. The van der Waals surface area contributed by atoms with Crippen LogP contribution in [0.25, 0.3) is 0 Å².